The van der Waals surface area contributed by atoms with Crippen LogP contribution in [-0.2, 0) is 4.74 Å². The third-order valence-corrected chi connectivity index (χ3v) is 3.06. The first-order chi connectivity index (χ1) is 5.92. The standard InChI is InChI=1S/C11H18O/c1-2-6-10-11(12-10)9-7-4-3-5-8-9/h2,6,9-11H,3-5,7-8H2,1H3/b6-2+. The molecule has 2 atom stereocenters. The molecule has 0 N–H and O–H groups in total. The van der Waals surface area contributed by atoms with Crippen molar-refractivity contribution in [2.75, 3.05) is 0 Å². The summed E-state index contributed by atoms with van der Waals surface area (Å²) in [5.74, 6) is 0.875. The lowest BCUT2D eigenvalue weighted by atomic mass is 9.86. The van der Waals surface area contributed by atoms with E-state index < -0.39 is 0 Å². The fraction of sp³-hybridized carbons (Fsp3) is 0.818. The Labute approximate surface area is 74.8 Å². The van der Waals surface area contributed by atoms with Crippen molar-refractivity contribution in [3.05, 3.63) is 12.2 Å². The molecule has 1 nitrogen and oxygen atoms in total. The molecule has 1 aliphatic carbocycles. The van der Waals surface area contributed by atoms with Crippen molar-refractivity contribution < 1.29 is 4.74 Å². The van der Waals surface area contributed by atoms with E-state index in [2.05, 4.69) is 19.1 Å². The van der Waals surface area contributed by atoms with Crippen molar-refractivity contribution in [1.82, 2.24) is 0 Å². The summed E-state index contributed by atoms with van der Waals surface area (Å²) in [5, 5.41) is 0. The minimum absolute atomic E-state index is 0.470. The fourth-order valence-electron chi connectivity index (χ4n) is 2.32. The van der Waals surface area contributed by atoms with Crippen LogP contribution in [0.5, 0.6) is 0 Å². The van der Waals surface area contributed by atoms with Crippen molar-refractivity contribution in [2.45, 2.75) is 51.2 Å². The maximum atomic E-state index is 5.61. The van der Waals surface area contributed by atoms with Crippen LogP contribution in [0.1, 0.15) is 39.0 Å². The van der Waals surface area contributed by atoms with Crippen LogP contribution in [0.4, 0.5) is 0 Å². The Bertz CT molecular complexity index is 168. The van der Waals surface area contributed by atoms with E-state index in [1.807, 2.05) is 0 Å². The maximum absolute atomic E-state index is 5.61. The first-order valence-electron chi connectivity index (χ1n) is 5.20. The molecule has 68 valence electrons. The third-order valence-electron chi connectivity index (χ3n) is 3.06. The van der Waals surface area contributed by atoms with E-state index in [0.717, 1.165) is 5.92 Å². The Balaban J connectivity index is 1.79. The summed E-state index contributed by atoms with van der Waals surface area (Å²) < 4.78 is 5.61. The van der Waals surface area contributed by atoms with Crippen LogP contribution in [0.15, 0.2) is 12.2 Å². The molecule has 0 aromatic carbocycles. The summed E-state index contributed by atoms with van der Waals surface area (Å²) in [4.78, 5) is 0. The number of epoxide rings is 1. The molecule has 0 aromatic rings. The zero-order valence-corrected chi connectivity index (χ0v) is 7.83. The molecular weight excluding hydrogens is 148 g/mol. The topological polar surface area (TPSA) is 12.5 Å². The Morgan fingerprint density at radius 1 is 1.17 bits per heavy atom. The monoisotopic (exact) mass is 166 g/mol. The van der Waals surface area contributed by atoms with Gasteiger partial charge in [-0.1, -0.05) is 31.4 Å². The number of hydrogen-bond acceptors (Lipinski definition) is 1. The van der Waals surface area contributed by atoms with E-state index in [9.17, 15) is 0 Å². The smallest absolute Gasteiger partial charge is 0.103 e. The van der Waals surface area contributed by atoms with E-state index >= 15 is 0 Å². The SMILES string of the molecule is C/C=C/C1OC1C1CCCCC1. The van der Waals surface area contributed by atoms with Gasteiger partial charge in [0.05, 0.1) is 6.10 Å². The summed E-state index contributed by atoms with van der Waals surface area (Å²) in [5.41, 5.74) is 0. The lowest BCUT2D eigenvalue weighted by Gasteiger charge is -2.19. The highest BCUT2D eigenvalue weighted by Gasteiger charge is 2.42. The summed E-state index contributed by atoms with van der Waals surface area (Å²) >= 11 is 0. The zero-order chi connectivity index (χ0) is 8.39. The van der Waals surface area contributed by atoms with Gasteiger partial charge in [-0.05, 0) is 25.7 Å². The first kappa shape index (κ1) is 8.31. The highest BCUT2D eigenvalue weighted by molar-refractivity contribution is 5.04. The minimum atomic E-state index is 0.470. The molecule has 1 saturated carbocycles. The van der Waals surface area contributed by atoms with Gasteiger partial charge in [0.2, 0.25) is 0 Å². The number of ether oxygens (including phenoxy) is 1. The largest absolute Gasteiger partial charge is 0.365 e. The van der Waals surface area contributed by atoms with Crippen LogP contribution in [0.2, 0.25) is 0 Å². The molecule has 1 saturated heterocycles. The summed E-state index contributed by atoms with van der Waals surface area (Å²) in [6.07, 6.45) is 12.4. The summed E-state index contributed by atoms with van der Waals surface area (Å²) in [6.45, 7) is 2.07. The molecular formula is C11H18O. The highest BCUT2D eigenvalue weighted by atomic mass is 16.6. The Morgan fingerprint density at radius 2 is 1.92 bits per heavy atom. The van der Waals surface area contributed by atoms with Crippen LogP contribution in [0.25, 0.3) is 0 Å². The molecule has 0 spiro atoms. The van der Waals surface area contributed by atoms with Crippen molar-refractivity contribution in [3.63, 3.8) is 0 Å². The molecule has 0 amide bonds. The van der Waals surface area contributed by atoms with Crippen LogP contribution in [0, 0.1) is 5.92 Å². The molecule has 2 fully saturated rings. The van der Waals surface area contributed by atoms with Crippen LogP contribution in [0.3, 0.4) is 0 Å². The van der Waals surface area contributed by atoms with Gasteiger partial charge in [0.25, 0.3) is 0 Å². The van der Waals surface area contributed by atoms with Gasteiger partial charge in [-0.2, -0.15) is 0 Å². The van der Waals surface area contributed by atoms with Crippen LogP contribution >= 0.6 is 0 Å². The van der Waals surface area contributed by atoms with E-state index in [1.165, 1.54) is 32.1 Å². The van der Waals surface area contributed by atoms with Crippen LogP contribution < -0.4 is 0 Å². The lowest BCUT2D eigenvalue weighted by Crippen LogP contribution is -2.13. The maximum Gasteiger partial charge on any atom is 0.103 e. The molecule has 2 unspecified atom stereocenters. The van der Waals surface area contributed by atoms with E-state index in [1.54, 1.807) is 0 Å². The molecule has 1 heteroatoms. The Morgan fingerprint density at radius 3 is 2.58 bits per heavy atom. The van der Waals surface area contributed by atoms with Gasteiger partial charge < -0.3 is 4.74 Å². The average Bonchev–Trinajstić information content (AvgIpc) is 2.87. The van der Waals surface area contributed by atoms with E-state index in [0.29, 0.717) is 12.2 Å². The van der Waals surface area contributed by atoms with E-state index in [-0.39, 0.29) is 0 Å². The molecule has 1 heterocycles. The zero-order valence-electron chi connectivity index (χ0n) is 7.83. The molecule has 0 aromatic heterocycles. The fourth-order valence-corrected chi connectivity index (χ4v) is 2.32. The van der Waals surface area contributed by atoms with Gasteiger partial charge in [-0.15, -0.1) is 0 Å². The van der Waals surface area contributed by atoms with Gasteiger partial charge in [0.15, 0.2) is 0 Å². The van der Waals surface area contributed by atoms with Gasteiger partial charge in [0.1, 0.15) is 6.10 Å². The van der Waals surface area contributed by atoms with E-state index in [4.69, 9.17) is 4.74 Å². The van der Waals surface area contributed by atoms with Crippen molar-refractivity contribution in [2.24, 2.45) is 5.92 Å². The van der Waals surface area contributed by atoms with Crippen molar-refractivity contribution in [3.8, 4) is 0 Å². The quantitative estimate of drug-likeness (QED) is 0.454. The normalized spacial score (nSPS) is 37.4. The number of allylic oxidation sites excluding steroid dienone is 1. The number of hydrogen-bond donors (Lipinski definition) is 0. The van der Waals surface area contributed by atoms with Gasteiger partial charge in [0, 0.05) is 0 Å². The Kier molecular flexibility index (Phi) is 2.50. The molecule has 0 radical (unpaired) electrons. The number of rotatable bonds is 2. The molecule has 2 rings (SSSR count). The second-order valence-corrected chi connectivity index (χ2v) is 3.99. The second kappa shape index (κ2) is 3.61. The predicted molar refractivity (Wildman–Crippen MR) is 50.1 cm³/mol. The van der Waals surface area contributed by atoms with Gasteiger partial charge in [-0.3, -0.25) is 0 Å². The minimum Gasteiger partial charge on any atom is -0.365 e. The van der Waals surface area contributed by atoms with Crippen molar-refractivity contribution in [1.29, 1.82) is 0 Å². The molecule has 0 bridgehead atoms. The predicted octanol–water partition coefficient (Wildman–Crippen LogP) is 2.91. The lowest BCUT2D eigenvalue weighted by molar-refractivity contribution is 0.264. The molecule has 2 aliphatic rings. The summed E-state index contributed by atoms with van der Waals surface area (Å²) in [7, 11) is 0. The van der Waals surface area contributed by atoms with Gasteiger partial charge >= 0.3 is 0 Å². The summed E-state index contributed by atoms with van der Waals surface area (Å²) in [6, 6.07) is 0. The van der Waals surface area contributed by atoms with Crippen LogP contribution in [-0.4, -0.2) is 12.2 Å². The second-order valence-electron chi connectivity index (χ2n) is 3.99. The Hall–Kier alpha value is -0.300. The van der Waals surface area contributed by atoms with Crippen molar-refractivity contribution >= 4 is 0 Å². The first-order valence-corrected chi connectivity index (χ1v) is 5.20. The average molecular weight is 166 g/mol. The molecule has 12 heavy (non-hydrogen) atoms. The van der Waals surface area contributed by atoms with Gasteiger partial charge in [-0.25, -0.2) is 0 Å². The third kappa shape index (κ3) is 1.71. The molecule has 1 aliphatic heterocycles. The highest BCUT2D eigenvalue weighted by Crippen LogP contribution is 2.38.